The van der Waals surface area contributed by atoms with Gasteiger partial charge in [0, 0.05) is 23.7 Å². The van der Waals surface area contributed by atoms with Gasteiger partial charge in [-0.15, -0.1) is 0 Å². The predicted octanol–water partition coefficient (Wildman–Crippen LogP) is 3.36. The van der Waals surface area contributed by atoms with Crippen LogP contribution in [0.25, 0.3) is 11.0 Å². The molecule has 0 aliphatic carbocycles. The van der Waals surface area contributed by atoms with E-state index < -0.39 is 0 Å². The highest BCUT2D eigenvalue weighted by Gasteiger charge is 2.12. The van der Waals surface area contributed by atoms with Crippen LogP contribution in [0.1, 0.15) is 0 Å². The predicted molar refractivity (Wildman–Crippen MR) is 90.3 cm³/mol. The summed E-state index contributed by atoms with van der Waals surface area (Å²) in [5.41, 5.74) is 0.139. The largest absolute Gasteiger partial charge is 0.452 e. The van der Waals surface area contributed by atoms with Gasteiger partial charge in [-0.25, -0.2) is 14.9 Å². The molecule has 2 aromatic heterocycles. The second-order valence-electron chi connectivity index (χ2n) is 4.68. The van der Waals surface area contributed by atoms with E-state index in [1.54, 1.807) is 43.6 Å². The maximum absolute atomic E-state index is 12.5. The topological polar surface area (TPSA) is 75.5 Å². The molecule has 3 aromatic rings. The highest BCUT2D eigenvalue weighted by atomic mass is 35.5. The molecule has 0 bridgehead atoms. The first-order valence-corrected chi connectivity index (χ1v) is 7.88. The Hall–Kier alpha value is -2.13. The summed E-state index contributed by atoms with van der Waals surface area (Å²) in [6.45, 7) is 0. The van der Waals surface area contributed by atoms with Crippen LogP contribution < -0.4 is 10.3 Å². The third kappa shape index (κ3) is 3.51. The van der Waals surface area contributed by atoms with Crippen molar-refractivity contribution in [1.29, 1.82) is 0 Å². The molecule has 0 saturated carbocycles. The molecular formula is C15H12ClN3O4S. The van der Waals surface area contributed by atoms with Crippen molar-refractivity contribution in [3.8, 4) is 11.5 Å². The summed E-state index contributed by atoms with van der Waals surface area (Å²) in [4.78, 5) is 25.4. The Bertz CT molecular complexity index is 930. The molecule has 3 rings (SSSR count). The molecular weight excluding hydrogens is 354 g/mol. The number of hydrogen-bond donors (Lipinski definition) is 0. The second kappa shape index (κ2) is 7.18. The van der Waals surface area contributed by atoms with Crippen LogP contribution in [0.2, 0.25) is 5.02 Å². The molecule has 9 heteroatoms. The molecule has 0 spiro atoms. The Morgan fingerprint density at radius 2 is 2.00 bits per heavy atom. The fourth-order valence-corrected chi connectivity index (χ4v) is 2.48. The van der Waals surface area contributed by atoms with Crippen molar-refractivity contribution >= 4 is 34.7 Å². The Kier molecular flexibility index (Phi) is 5.00. The molecule has 0 saturated heterocycles. The molecule has 0 radical (unpaired) electrons. The van der Waals surface area contributed by atoms with Gasteiger partial charge in [0.25, 0.3) is 5.56 Å². The first kappa shape index (κ1) is 16.7. The number of ether oxygens (including phenoxy) is 1. The number of aromatic nitrogens is 3. The molecule has 0 unspecified atom stereocenters. The minimum absolute atomic E-state index is 0.171. The highest BCUT2D eigenvalue weighted by molar-refractivity contribution is 7.94. The Morgan fingerprint density at radius 3 is 2.71 bits per heavy atom. The number of hydrogen-bond acceptors (Lipinski definition) is 7. The van der Waals surface area contributed by atoms with Gasteiger partial charge in [-0.1, -0.05) is 11.6 Å². The molecule has 0 N–H and O–H groups in total. The average molecular weight is 366 g/mol. The van der Waals surface area contributed by atoms with Gasteiger partial charge in [-0.3, -0.25) is 9.36 Å². The molecule has 0 amide bonds. The standard InChI is InChI=1S/C15H12ClN3O4S/c1-19-13-9(8-17-15(18-13)24-23-21-2)7-12(14(19)20)22-11-5-3-10(16)4-6-11/h3-8H,1-2H3. The number of benzene rings is 1. The zero-order chi connectivity index (χ0) is 17.1. The van der Waals surface area contributed by atoms with Gasteiger partial charge < -0.3 is 4.74 Å². The monoisotopic (exact) mass is 365 g/mol. The van der Waals surface area contributed by atoms with Crippen LogP contribution in [0.15, 0.2) is 46.5 Å². The van der Waals surface area contributed by atoms with Gasteiger partial charge >= 0.3 is 0 Å². The van der Waals surface area contributed by atoms with Crippen molar-refractivity contribution in [1.82, 2.24) is 14.5 Å². The Morgan fingerprint density at radius 1 is 1.25 bits per heavy atom. The summed E-state index contributed by atoms with van der Waals surface area (Å²) in [5.74, 6) is 0.682. The van der Waals surface area contributed by atoms with Crippen LogP contribution >= 0.6 is 23.6 Å². The Balaban J connectivity index is 1.99. The molecule has 24 heavy (non-hydrogen) atoms. The molecule has 0 atom stereocenters. The fraction of sp³-hybridized carbons (Fsp3) is 0.133. The first-order chi connectivity index (χ1) is 11.6. The van der Waals surface area contributed by atoms with Crippen molar-refractivity contribution in [3.05, 3.63) is 51.9 Å². The number of aryl methyl sites for hydroxylation is 1. The van der Waals surface area contributed by atoms with E-state index in [1.807, 2.05) is 0 Å². The summed E-state index contributed by atoms with van der Waals surface area (Å²) in [6, 6.07) is 8.34. The van der Waals surface area contributed by atoms with E-state index in [0.717, 1.165) is 12.0 Å². The number of fused-ring (bicyclic) bond motifs is 1. The molecule has 2 heterocycles. The van der Waals surface area contributed by atoms with Crippen LogP contribution in [-0.4, -0.2) is 21.6 Å². The SMILES string of the molecule is COOSc1ncc2cc(Oc3ccc(Cl)cc3)c(=O)n(C)c2n1. The van der Waals surface area contributed by atoms with Gasteiger partial charge in [-0.2, -0.15) is 4.33 Å². The molecule has 0 aliphatic heterocycles. The molecule has 124 valence electrons. The normalized spacial score (nSPS) is 11.0. The highest BCUT2D eigenvalue weighted by Crippen LogP contribution is 2.24. The lowest BCUT2D eigenvalue weighted by Gasteiger charge is -2.10. The molecule has 0 fully saturated rings. The zero-order valence-electron chi connectivity index (χ0n) is 12.7. The number of nitrogens with zero attached hydrogens (tertiary/aromatic N) is 3. The summed E-state index contributed by atoms with van der Waals surface area (Å²) < 4.78 is 11.8. The quantitative estimate of drug-likeness (QED) is 0.297. The van der Waals surface area contributed by atoms with E-state index in [1.165, 1.54) is 11.7 Å². The molecule has 1 aromatic carbocycles. The smallest absolute Gasteiger partial charge is 0.294 e. The van der Waals surface area contributed by atoms with E-state index in [-0.39, 0.29) is 11.3 Å². The second-order valence-corrected chi connectivity index (χ2v) is 5.78. The van der Waals surface area contributed by atoms with E-state index >= 15 is 0 Å². The molecule has 0 aliphatic rings. The minimum Gasteiger partial charge on any atom is -0.452 e. The number of pyridine rings is 1. The van der Waals surface area contributed by atoms with Crippen LogP contribution in [0, 0.1) is 0 Å². The summed E-state index contributed by atoms with van der Waals surface area (Å²) in [6.07, 6.45) is 1.58. The van der Waals surface area contributed by atoms with Crippen molar-refractivity contribution in [3.63, 3.8) is 0 Å². The summed E-state index contributed by atoms with van der Waals surface area (Å²) in [5, 5.41) is 1.57. The number of halogens is 1. The van der Waals surface area contributed by atoms with E-state index in [9.17, 15) is 4.79 Å². The third-order valence-electron chi connectivity index (χ3n) is 3.11. The minimum atomic E-state index is -0.320. The van der Waals surface area contributed by atoms with E-state index in [0.29, 0.717) is 27.0 Å². The lowest BCUT2D eigenvalue weighted by atomic mass is 10.3. The lowest BCUT2D eigenvalue weighted by Crippen LogP contribution is -2.19. The average Bonchev–Trinajstić information content (AvgIpc) is 2.60. The van der Waals surface area contributed by atoms with Gasteiger partial charge in [0.2, 0.25) is 5.16 Å². The van der Waals surface area contributed by atoms with Crippen molar-refractivity contribution in [2.24, 2.45) is 7.05 Å². The van der Waals surface area contributed by atoms with Crippen molar-refractivity contribution in [2.75, 3.05) is 7.11 Å². The van der Waals surface area contributed by atoms with E-state index in [2.05, 4.69) is 14.9 Å². The maximum atomic E-state index is 12.5. The zero-order valence-corrected chi connectivity index (χ0v) is 14.3. The van der Waals surface area contributed by atoms with Gasteiger partial charge in [-0.05, 0) is 30.3 Å². The summed E-state index contributed by atoms with van der Waals surface area (Å²) >= 11 is 6.70. The first-order valence-electron chi connectivity index (χ1n) is 6.76. The van der Waals surface area contributed by atoms with E-state index in [4.69, 9.17) is 20.7 Å². The summed E-state index contributed by atoms with van der Waals surface area (Å²) in [7, 11) is 2.99. The van der Waals surface area contributed by atoms with Crippen LogP contribution in [-0.2, 0) is 16.3 Å². The van der Waals surface area contributed by atoms with Gasteiger partial charge in [0.1, 0.15) is 23.4 Å². The van der Waals surface area contributed by atoms with Crippen molar-refractivity contribution < 1.29 is 14.0 Å². The third-order valence-corrected chi connectivity index (χ3v) is 3.91. The van der Waals surface area contributed by atoms with Crippen molar-refractivity contribution in [2.45, 2.75) is 5.16 Å². The van der Waals surface area contributed by atoms with Crippen LogP contribution in [0.4, 0.5) is 0 Å². The number of rotatable bonds is 5. The maximum Gasteiger partial charge on any atom is 0.294 e. The fourth-order valence-electron chi connectivity index (χ4n) is 2.01. The van der Waals surface area contributed by atoms with Gasteiger partial charge in [0.15, 0.2) is 5.75 Å². The molecule has 7 nitrogen and oxygen atoms in total. The lowest BCUT2D eigenvalue weighted by molar-refractivity contribution is -0.160. The Labute approximate surface area is 146 Å². The van der Waals surface area contributed by atoms with Crippen LogP contribution in [0.3, 0.4) is 0 Å². The van der Waals surface area contributed by atoms with Gasteiger partial charge in [0.05, 0.1) is 7.11 Å². The van der Waals surface area contributed by atoms with Crippen LogP contribution in [0.5, 0.6) is 11.5 Å².